The van der Waals surface area contributed by atoms with Crippen molar-refractivity contribution >= 4 is 16.7 Å². The molecule has 0 saturated heterocycles. The molecule has 1 amide bonds. The van der Waals surface area contributed by atoms with Gasteiger partial charge in [0.15, 0.2) is 0 Å². The minimum absolute atomic E-state index is 0.120. The van der Waals surface area contributed by atoms with E-state index in [2.05, 4.69) is 5.32 Å². The lowest BCUT2D eigenvalue weighted by atomic mass is 10.0. The van der Waals surface area contributed by atoms with Crippen LogP contribution in [0.2, 0.25) is 0 Å². The Balaban J connectivity index is 1.73. The predicted octanol–water partition coefficient (Wildman–Crippen LogP) is 2.53. The Morgan fingerprint density at radius 3 is 2.45 bits per heavy atom. The SMILES string of the molecule is COCc1ccc(CNC(=O)CS(=O)C2CCCCC2)cc1. The molecule has 0 heterocycles. The number of hydrogen-bond acceptors (Lipinski definition) is 3. The first kappa shape index (κ1) is 17.2. The van der Waals surface area contributed by atoms with E-state index in [1.54, 1.807) is 7.11 Å². The summed E-state index contributed by atoms with van der Waals surface area (Å²) in [6, 6.07) is 7.94. The lowest BCUT2D eigenvalue weighted by molar-refractivity contribution is -0.118. The molecule has 22 heavy (non-hydrogen) atoms. The number of benzene rings is 1. The third-order valence-corrected chi connectivity index (χ3v) is 5.78. The molecular weight excluding hydrogens is 298 g/mol. The van der Waals surface area contributed by atoms with Crippen LogP contribution < -0.4 is 5.32 Å². The number of methoxy groups -OCH3 is 1. The van der Waals surface area contributed by atoms with Crippen LogP contribution >= 0.6 is 0 Å². The molecule has 1 aromatic carbocycles. The van der Waals surface area contributed by atoms with Crippen molar-refractivity contribution in [2.75, 3.05) is 12.9 Å². The van der Waals surface area contributed by atoms with Crippen molar-refractivity contribution in [3.63, 3.8) is 0 Å². The molecule has 0 bridgehead atoms. The fourth-order valence-corrected chi connectivity index (χ4v) is 4.20. The van der Waals surface area contributed by atoms with E-state index in [9.17, 15) is 9.00 Å². The summed E-state index contributed by atoms with van der Waals surface area (Å²) < 4.78 is 17.2. The molecule has 2 rings (SSSR count). The maximum atomic E-state index is 12.2. The first-order valence-corrected chi connectivity index (χ1v) is 9.28. The molecule has 0 aliphatic heterocycles. The third kappa shape index (κ3) is 5.54. The van der Waals surface area contributed by atoms with Crippen molar-refractivity contribution in [1.29, 1.82) is 0 Å². The topological polar surface area (TPSA) is 55.4 Å². The van der Waals surface area contributed by atoms with Crippen molar-refractivity contribution in [3.05, 3.63) is 35.4 Å². The first-order valence-electron chi connectivity index (χ1n) is 7.89. The number of carbonyl (C=O) groups is 1. The average Bonchev–Trinajstić information content (AvgIpc) is 2.55. The Morgan fingerprint density at radius 1 is 1.18 bits per heavy atom. The molecule has 0 spiro atoms. The van der Waals surface area contributed by atoms with Gasteiger partial charge in [0.1, 0.15) is 5.75 Å². The fraction of sp³-hybridized carbons (Fsp3) is 0.588. The molecule has 0 radical (unpaired) electrons. The summed E-state index contributed by atoms with van der Waals surface area (Å²) in [5, 5.41) is 3.07. The molecule has 1 aromatic rings. The normalized spacial score (nSPS) is 17.1. The zero-order valence-electron chi connectivity index (χ0n) is 13.2. The average molecular weight is 323 g/mol. The molecule has 0 aromatic heterocycles. The summed E-state index contributed by atoms with van der Waals surface area (Å²) in [4.78, 5) is 11.9. The number of amides is 1. The van der Waals surface area contributed by atoms with Gasteiger partial charge in [0.2, 0.25) is 5.91 Å². The standard InChI is InChI=1S/C17H25NO3S/c1-21-12-15-9-7-14(8-10-15)11-18-17(19)13-22(20)16-5-3-2-4-6-16/h7-10,16H,2-6,11-13H2,1H3,(H,18,19). The van der Waals surface area contributed by atoms with E-state index in [0.717, 1.165) is 36.8 Å². The van der Waals surface area contributed by atoms with Crippen LogP contribution in [-0.2, 0) is 33.5 Å². The van der Waals surface area contributed by atoms with Crippen LogP contribution in [0.5, 0.6) is 0 Å². The molecule has 1 unspecified atom stereocenters. The Kier molecular flexibility index (Phi) is 7.06. The summed E-state index contributed by atoms with van der Waals surface area (Å²) in [6.45, 7) is 1.07. The lowest BCUT2D eigenvalue weighted by Crippen LogP contribution is -2.32. The summed E-state index contributed by atoms with van der Waals surface area (Å²) >= 11 is 0. The van der Waals surface area contributed by atoms with Gasteiger partial charge < -0.3 is 10.1 Å². The minimum Gasteiger partial charge on any atom is -0.380 e. The van der Waals surface area contributed by atoms with Crippen LogP contribution in [0.3, 0.4) is 0 Å². The molecule has 5 heteroatoms. The monoisotopic (exact) mass is 323 g/mol. The second-order valence-corrected chi connectivity index (χ2v) is 7.53. The van der Waals surface area contributed by atoms with Gasteiger partial charge in [-0.25, -0.2) is 0 Å². The highest BCUT2D eigenvalue weighted by Gasteiger charge is 2.21. The van der Waals surface area contributed by atoms with E-state index >= 15 is 0 Å². The summed E-state index contributed by atoms with van der Waals surface area (Å²) in [6.07, 6.45) is 5.53. The van der Waals surface area contributed by atoms with Gasteiger partial charge in [0.25, 0.3) is 0 Å². The van der Waals surface area contributed by atoms with E-state index < -0.39 is 10.8 Å². The minimum atomic E-state index is -1.03. The van der Waals surface area contributed by atoms with E-state index in [1.807, 2.05) is 24.3 Å². The number of hydrogen-bond donors (Lipinski definition) is 1. The second-order valence-electron chi connectivity index (χ2n) is 5.81. The van der Waals surface area contributed by atoms with E-state index in [1.165, 1.54) is 6.42 Å². The van der Waals surface area contributed by atoms with Crippen LogP contribution in [0.4, 0.5) is 0 Å². The zero-order chi connectivity index (χ0) is 15.8. The smallest absolute Gasteiger partial charge is 0.232 e. The Bertz CT molecular complexity index is 495. The maximum Gasteiger partial charge on any atom is 0.232 e. The summed E-state index contributed by atoms with van der Waals surface area (Å²) in [7, 11) is 0.638. The van der Waals surface area contributed by atoms with E-state index in [-0.39, 0.29) is 16.9 Å². The highest BCUT2D eigenvalue weighted by atomic mass is 32.2. The van der Waals surface area contributed by atoms with Gasteiger partial charge in [-0.05, 0) is 24.0 Å². The molecular formula is C17H25NO3S. The quantitative estimate of drug-likeness (QED) is 0.839. The van der Waals surface area contributed by atoms with Crippen LogP contribution in [0.15, 0.2) is 24.3 Å². The van der Waals surface area contributed by atoms with Gasteiger partial charge in [-0.2, -0.15) is 0 Å². The van der Waals surface area contributed by atoms with Crippen molar-refractivity contribution < 1.29 is 13.7 Å². The van der Waals surface area contributed by atoms with Gasteiger partial charge in [0, 0.05) is 29.7 Å². The van der Waals surface area contributed by atoms with Gasteiger partial charge in [-0.3, -0.25) is 9.00 Å². The number of carbonyl (C=O) groups excluding carboxylic acids is 1. The summed E-state index contributed by atoms with van der Waals surface area (Å²) in [5.74, 6) is 0.0109. The van der Waals surface area contributed by atoms with Crippen molar-refractivity contribution in [3.8, 4) is 0 Å². The van der Waals surface area contributed by atoms with Crippen molar-refractivity contribution in [1.82, 2.24) is 5.32 Å². The van der Waals surface area contributed by atoms with Crippen LogP contribution in [-0.4, -0.2) is 28.2 Å². The largest absolute Gasteiger partial charge is 0.380 e. The predicted molar refractivity (Wildman–Crippen MR) is 88.9 cm³/mol. The van der Waals surface area contributed by atoms with Gasteiger partial charge in [0.05, 0.1) is 6.61 Å². The zero-order valence-corrected chi connectivity index (χ0v) is 14.0. The van der Waals surface area contributed by atoms with Crippen molar-refractivity contribution in [2.45, 2.75) is 50.5 Å². The highest BCUT2D eigenvalue weighted by Crippen LogP contribution is 2.22. The number of nitrogens with one attached hydrogen (secondary N) is 1. The molecule has 122 valence electrons. The first-order chi connectivity index (χ1) is 10.7. The lowest BCUT2D eigenvalue weighted by Gasteiger charge is -2.20. The molecule has 1 aliphatic carbocycles. The van der Waals surface area contributed by atoms with Gasteiger partial charge >= 0.3 is 0 Å². The van der Waals surface area contributed by atoms with Crippen LogP contribution in [0, 0.1) is 0 Å². The van der Waals surface area contributed by atoms with Gasteiger partial charge in [-0.15, -0.1) is 0 Å². The Hall–Kier alpha value is -1.20. The number of ether oxygens (including phenoxy) is 1. The van der Waals surface area contributed by atoms with E-state index in [0.29, 0.717) is 13.2 Å². The Labute approximate surface area is 135 Å². The number of rotatable bonds is 7. The van der Waals surface area contributed by atoms with Crippen LogP contribution in [0.25, 0.3) is 0 Å². The highest BCUT2D eigenvalue weighted by molar-refractivity contribution is 7.86. The molecule has 4 nitrogen and oxygen atoms in total. The molecule has 1 aliphatic rings. The van der Waals surface area contributed by atoms with Gasteiger partial charge in [-0.1, -0.05) is 43.5 Å². The molecule has 1 saturated carbocycles. The van der Waals surface area contributed by atoms with E-state index in [4.69, 9.17) is 4.74 Å². The summed E-state index contributed by atoms with van der Waals surface area (Å²) in [5.41, 5.74) is 2.15. The maximum absolute atomic E-state index is 12.2. The molecule has 1 N–H and O–H groups in total. The van der Waals surface area contributed by atoms with Crippen molar-refractivity contribution in [2.24, 2.45) is 0 Å². The van der Waals surface area contributed by atoms with Crippen LogP contribution in [0.1, 0.15) is 43.2 Å². The Morgan fingerprint density at radius 2 is 1.82 bits per heavy atom. The third-order valence-electron chi connectivity index (χ3n) is 4.02. The fourth-order valence-electron chi connectivity index (χ4n) is 2.75. The molecule has 1 fully saturated rings. The second kappa shape index (κ2) is 9.06. The molecule has 1 atom stereocenters.